The Bertz CT molecular complexity index is 658. The first-order valence-electron chi connectivity index (χ1n) is 9.43. The second kappa shape index (κ2) is 7.57. The van der Waals surface area contributed by atoms with E-state index in [9.17, 15) is 0 Å². The Labute approximate surface area is 143 Å². The van der Waals surface area contributed by atoms with Gasteiger partial charge in [0.05, 0.1) is 12.0 Å². The van der Waals surface area contributed by atoms with Crippen LogP contribution in [0.1, 0.15) is 63.3 Å². The molecule has 1 unspecified atom stereocenters. The van der Waals surface area contributed by atoms with E-state index in [-0.39, 0.29) is 6.23 Å². The van der Waals surface area contributed by atoms with E-state index in [1.807, 2.05) is 6.33 Å². The zero-order valence-electron chi connectivity index (χ0n) is 14.3. The minimum atomic E-state index is 0.0758. The highest BCUT2D eigenvalue weighted by molar-refractivity contribution is 5.73. The van der Waals surface area contributed by atoms with Crippen LogP contribution in [0.25, 0.3) is 11.2 Å². The molecule has 0 bridgehead atoms. The monoisotopic (exact) mass is 329 g/mol. The molecular formula is C18H27N5O. The molecule has 0 spiro atoms. The molecule has 1 atom stereocenters. The number of nitrogens with one attached hydrogen (secondary N) is 1. The predicted octanol–water partition coefficient (Wildman–Crippen LogP) is 2.99. The van der Waals surface area contributed by atoms with E-state index in [0.29, 0.717) is 6.04 Å². The second-order valence-corrected chi connectivity index (χ2v) is 7.00. The van der Waals surface area contributed by atoms with Crippen LogP contribution in [-0.4, -0.2) is 38.7 Å². The summed E-state index contributed by atoms with van der Waals surface area (Å²) in [5.41, 5.74) is 2.87. The lowest BCUT2D eigenvalue weighted by atomic mass is 9.95. The van der Waals surface area contributed by atoms with Crippen LogP contribution < -0.4 is 5.32 Å². The van der Waals surface area contributed by atoms with Gasteiger partial charge in [0.1, 0.15) is 18.1 Å². The third-order valence-electron chi connectivity index (χ3n) is 5.30. The van der Waals surface area contributed by atoms with Crippen molar-refractivity contribution in [3.63, 3.8) is 0 Å². The van der Waals surface area contributed by atoms with E-state index in [0.717, 1.165) is 49.3 Å². The number of aromatic nitrogens is 4. The molecular weight excluding hydrogens is 302 g/mol. The van der Waals surface area contributed by atoms with Gasteiger partial charge in [-0.15, -0.1) is 0 Å². The van der Waals surface area contributed by atoms with E-state index in [2.05, 4.69) is 24.8 Å². The molecule has 0 radical (unpaired) electrons. The van der Waals surface area contributed by atoms with Gasteiger partial charge < -0.3 is 10.1 Å². The molecule has 6 heteroatoms. The Balaban J connectivity index is 1.44. The molecule has 3 heterocycles. The number of rotatable bonds is 5. The van der Waals surface area contributed by atoms with Gasteiger partial charge in [-0.05, 0) is 32.1 Å². The zero-order chi connectivity index (χ0) is 16.2. The lowest BCUT2D eigenvalue weighted by Crippen LogP contribution is -2.32. The summed E-state index contributed by atoms with van der Waals surface area (Å²) in [6.45, 7) is 1.79. The lowest BCUT2D eigenvalue weighted by Gasteiger charge is -2.23. The first kappa shape index (κ1) is 16.0. The van der Waals surface area contributed by atoms with Crippen molar-refractivity contribution in [2.24, 2.45) is 0 Å². The second-order valence-electron chi connectivity index (χ2n) is 7.00. The number of fused-ring (bicyclic) bond motifs is 1. The molecule has 2 aromatic rings. The summed E-state index contributed by atoms with van der Waals surface area (Å²) in [7, 11) is 0. The van der Waals surface area contributed by atoms with Crippen molar-refractivity contribution < 1.29 is 4.74 Å². The van der Waals surface area contributed by atoms with Crippen molar-refractivity contribution in [1.82, 2.24) is 24.8 Å². The standard InChI is InChI=1S/C18H27N5O/c1-2-6-14(7-3-1)19-10-9-15-17-18(21-12-20-15)23(13-22-17)16-8-4-5-11-24-16/h12-14,16,19H,1-11H2. The molecule has 24 heavy (non-hydrogen) atoms. The van der Waals surface area contributed by atoms with Gasteiger partial charge >= 0.3 is 0 Å². The van der Waals surface area contributed by atoms with Crippen molar-refractivity contribution in [1.29, 1.82) is 0 Å². The molecule has 130 valence electrons. The molecule has 2 fully saturated rings. The fourth-order valence-electron chi connectivity index (χ4n) is 3.94. The summed E-state index contributed by atoms with van der Waals surface area (Å²) in [4.78, 5) is 13.5. The maximum Gasteiger partial charge on any atom is 0.165 e. The van der Waals surface area contributed by atoms with Crippen LogP contribution >= 0.6 is 0 Å². The number of hydrogen-bond donors (Lipinski definition) is 1. The molecule has 2 aromatic heterocycles. The summed E-state index contributed by atoms with van der Waals surface area (Å²) in [6.07, 6.45) is 14.6. The number of nitrogens with zero attached hydrogens (tertiary/aromatic N) is 4. The molecule has 6 nitrogen and oxygen atoms in total. The number of imidazole rings is 1. The first-order chi connectivity index (χ1) is 11.9. The number of hydrogen-bond acceptors (Lipinski definition) is 5. The Hall–Kier alpha value is -1.53. The fourth-order valence-corrected chi connectivity index (χ4v) is 3.94. The number of ether oxygens (including phenoxy) is 1. The fraction of sp³-hybridized carbons (Fsp3) is 0.722. The third-order valence-corrected chi connectivity index (χ3v) is 5.30. The Morgan fingerprint density at radius 1 is 1.04 bits per heavy atom. The topological polar surface area (TPSA) is 64.9 Å². The van der Waals surface area contributed by atoms with E-state index < -0.39 is 0 Å². The smallest absolute Gasteiger partial charge is 0.165 e. The zero-order valence-corrected chi connectivity index (χ0v) is 14.3. The molecule has 2 aliphatic rings. The van der Waals surface area contributed by atoms with Crippen molar-refractivity contribution in [3.8, 4) is 0 Å². The van der Waals surface area contributed by atoms with Crippen LogP contribution in [-0.2, 0) is 11.2 Å². The third kappa shape index (κ3) is 3.44. The maximum atomic E-state index is 5.88. The highest BCUT2D eigenvalue weighted by Crippen LogP contribution is 2.26. The quantitative estimate of drug-likeness (QED) is 0.913. The normalized spacial score (nSPS) is 22.9. The minimum absolute atomic E-state index is 0.0758. The van der Waals surface area contributed by atoms with Gasteiger partial charge in [0.25, 0.3) is 0 Å². The van der Waals surface area contributed by atoms with Gasteiger partial charge in [-0.25, -0.2) is 15.0 Å². The van der Waals surface area contributed by atoms with Crippen LogP contribution in [0.2, 0.25) is 0 Å². The Kier molecular flexibility index (Phi) is 5.04. The average molecular weight is 329 g/mol. The lowest BCUT2D eigenvalue weighted by molar-refractivity contribution is -0.0298. The summed E-state index contributed by atoms with van der Waals surface area (Å²) in [5.74, 6) is 0. The van der Waals surface area contributed by atoms with Gasteiger partial charge in [0.15, 0.2) is 5.65 Å². The van der Waals surface area contributed by atoms with Gasteiger partial charge in [0.2, 0.25) is 0 Å². The van der Waals surface area contributed by atoms with E-state index in [1.54, 1.807) is 6.33 Å². The summed E-state index contributed by atoms with van der Waals surface area (Å²) >= 11 is 0. The van der Waals surface area contributed by atoms with E-state index in [1.165, 1.54) is 38.5 Å². The molecule has 1 saturated heterocycles. The van der Waals surface area contributed by atoms with Crippen LogP contribution in [0.3, 0.4) is 0 Å². The van der Waals surface area contributed by atoms with E-state index in [4.69, 9.17) is 4.74 Å². The van der Waals surface area contributed by atoms with Crippen molar-refractivity contribution in [2.45, 2.75) is 70.1 Å². The van der Waals surface area contributed by atoms with E-state index >= 15 is 0 Å². The molecule has 0 aromatic carbocycles. The Morgan fingerprint density at radius 3 is 2.75 bits per heavy atom. The first-order valence-corrected chi connectivity index (χ1v) is 9.43. The van der Waals surface area contributed by atoms with Crippen LogP contribution in [0, 0.1) is 0 Å². The summed E-state index contributed by atoms with van der Waals surface area (Å²) in [5, 5.41) is 3.69. The average Bonchev–Trinajstić information content (AvgIpc) is 3.08. The van der Waals surface area contributed by atoms with Gasteiger partial charge in [-0.1, -0.05) is 19.3 Å². The molecule has 1 aliphatic heterocycles. The highest BCUT2D eigenvalue weighted by atomic mass is 16.5. The van der Waals surface area contributed by atoms with Gasteiger partial charge in [-0.2, -0.15) is 0 Å². The minimum Gasteiger partial charge on any atom is -0.358 e. The Morgan fingerprint density at radius 2 is 1.92 bits per heavy atom. The predicted molar refractivity (Wildman–Crippen MR) is 92.7 cm³/mol. The molecule has 1 saturated carbocycles. The maximum absolute atomic E-state index is 5.88. The van der Waals surface area contributed by atoms with Crippen LogP contribution in [0.5, 0.6) is 0 Å². The highest BCUT2D eigenvalue weighted by Gasteiger charge is 2.20. The molecule has 1 N–H and O–H groups in total. The van der Waals surface area contributed by atoms with Gasteiger partial charge in [-0.3, -0.25) is 4.57 Å². The molecule has 4 rings (SSSR count). The summed E-state index contributed by atoms with van der Waals surface area (Å²) in [6, 6.07) is 0.685. The van der Waals surface area contributed by atoms with Crippen LogP contribution in [0.15, 0.2) is 12.7 Å². The SMILES string of the molecule is c1nc(CCNC2CCCCC2)c2ncn(C3CCCCO3)c2n1. The molecule has 1 aliphatic carbocycles. The summed E-state index contributed by atoms with van der Waals surface area (Å²) < 4.78 is 7.96. The van der Waals surface area contributed by atoms with Gasteiger partial charge in [0, 0.05) is 25.6 Å². The van der Waals surface area contributed by atoms with Crippen molar-refractivity contribution >= 4 is 11.2 Å². The largest absolute Gasteiger partial charge is 0.358 e. The van der Waals surface area contributed by atoms with Crippen molar-refractivity contribution in [3.05, 3.63) is 18.3 Å². The molecule has 0 amide bonds. The van der Waals surface area contributed by atoms with Crippen LogP contribution in [0.4, 0.5) is 0 Å². The van der Waals surface area contributed by atoms with Crippen molar-refractivity contribution in [2.75, 3.05) is 13.2 Å².